The molecule has 2 aromatic rings. The Hall–Kier alpha value is -2.58. The molecule has 0 radical (unpaired) electrons. The Morgan fingerprint density at radius 1 is 1.24 bits per heavy atom. The van der Waals surface area contributed by atoms with Crippen LogP contribution in [0, 0.1) is 5.92 Å². The minimum atomic E-state index is -1.56. The number of aliphatic hydroxyl groups is 1. The van der Waals surface area contributed by atoms with E-state index in [0.717, 1.165) is 16.8 Å². The molecule has 132 valence electrons. The number of aliphatic hydroxyl groups excluding tert-OH is 1. The number of hydrogen-bond donors (Lipinski definition) is 1. The number of alkyl halides is 1. The largest absolute Gasteiger partial charge is 0.394 e. The van der Waals surface area contributed by atoms with Crippen molar-refractivity contribution in [3.8, 4) is 0 Å². The molecule has 1 saturated heterocycles. The highest BCUT2D eigenvalue weighted by molar-refractivity contribution is 5.95. The first-order valence-corrected chi connectivity index (χ1v) is 7.80. The fraction of sp³-hybridized carbons (Fsp3) is 0.353. The van der Waals surface area contributed by atoms with E-state index in [-0.39, 0.29) is 5.56 Å². The molecule has 1 aliphatic rings. The highest BCUT2D eigenvalue weighted by Crippen LogP contribution is 2.34. The number of carbonyl (C=O) groups excluding carboxylic acids is 1. The Morgan fingerprint density at radius 2 is 1.92 bits per heavy atom. The number of ether oxygens (including phenoxy) is 1. The van der Waals surface area contributed by atoms with Crippen LogP contribution in [0.1, 0.15) is 23.5 Å². The lowest BCUT2D eigenvalue weighted by Crippen LogP contribution is -2.45. The van der Waals surface area contributed by atoms with Crippen LogP contribution in [0.15, 0.2) is 52.2 Å². The van der Waals surface area contributed by atoms with Gasteiger partial charge in [-0.25, -0.2) is 9.18 Å². The Morgan fingerprint density at radius 3 is 2.52 bits per heavy atom. The zero-order chi connectivity index (χ0) is 18.1. The summed E-state index contributed by atoms with van der Waals surface area (Å²) in [6.45, 7) is 1.16. The highest BCUT2D eigenvalue weighted by Gasteiger charge is 2.43. The topological polar surface area (TPSA) is 90.5 Å². The van der Waals surface area contributed by atoms with Crippen molar-refractivity contribution in [3.63, 3.8) is 0 Å². The van der Waals surface area contributed by atoms with Crippen LogP contribution in [0.5, 0.6) is 0 Å². The monoisotopic (exact) mass is 348 g/mol. The predicted molar refractivity (Wildman–Crippen MR) is 86.2 cm³/mol. The third kappa shape index (κ3) is 2.94. The van der Waals surface area contributed by atoms with Crippen molar-refractivity contribution in [3.05, 3.63) is 69.0 Å². The van der Waals surface area contributed by atoms with Crippen molar-refractivity contribution in [1.29, 1.82) is 0 Å². The molecule has 0 saturated carbocycles. The zero-order valence-corrected chi connectivity index (χ0v) is 13.4. The summed E-state index contributed by atoms with van der Waals surface area (Å²) >= 11 is 0. The minimum absolute atomic E-state index is 0.158. The van der Waals surface area contributed by atoms with Gasteiger partial charge in [0.25, 0.3) is 11.5 Å². The fourth-order valence-corrected chi connectivity index (χ4v) is 2.85. The molecular weight excluding hydrogens is 331 g/mol. The summed E-state index contributed by atoms with van der Waals surface area (Å²) in [7, 11) is 0. The molecule has 1 aromatic carbocycles. The van der Waals surface area contributed by atoms with E-state index < -0.39 is 48.2 Å². The molecule has 1 N–H and O–H groups in total. The molecule has 1 unspecified atom stereocenters. The van der Waals surface area contributed by atoms with Gasteiger partial charge >= 0.3 is 5.69 Å². The number of nitrogens with zero attached hydrogens (tertiary/aromatic N) is 2. The number of aromatic nitrogens is 2. The summed E-state index contributed by atoms with van der Waals surface area (Å²) in [5.74, 6) is -1.43. The summed E-state index contributed by atoms with van der Waals surface area (Å²) in [5.41, 5.74) is -1.64. The Bertz CT molecular complexity index is 892. The van der Waals surface area contributed by atoms with Crippen molar-refractivity contribution in [2.24, 2.45) is 5.92 Å². The van der Waals surface area contributed by atoms with E-state index in [1.807, 2.05) is 0 Å². The van der Waals surface area contributed by atoms with Crippen LogP contribution in [-0.4, -0.2) is 39.0 Å². The SMILES string of the molecule is CC1[C@@H](CO)O[C@@H](n2ccc(=O)n(C(=O)c3ccccc3)c2=O)[C@H]1F. The number of benzene rings is 1. The summed E-state index contributed by atoms with van der Waals surface area (Å²) in [5, 5.41) is 9.24. The average Bonchev–Trinajstić information content (AvgIpc) is 2.90. The number of halogens is 1. The third-order valence-electron chi connectivity index (χ3n) is 4.36. The standard InChI is InChI=1S/C17H17FN2O5/c1-10-12(9-21)25-16(14(10)18)19-8-7-13(22)20(17(19)24)15(23)11-5-3-2-4-6-11/h2-8,10,12,14,16,21H,9H2,1H3/t10?,12-,14+,16-/m1/s1. The molecule has 0 spiro atoms. The quantitative estimate of drug-likeness (QED) is 0.875. The lowest BCUT2D eigenvalue weighted by atomic mass is 10.0. The van der Waals surface area contributed by atoms with E-state index >= 15 is 0 Å². The van der Waals surface area contributed by atoms with Gasteiger partial charge in [-0.2, -0.15) is 4.57 Å². The summed E-state index contributed by atoms with van der Waals surface area (Å²) in [4.78, 5) is 37.2. The summed E-state index contributed by atoms with van der Waals surface area (Å²) < 4.78 is 21.2. The molecule has 0 bridgehead atoms. The Labute approximate surface area is 141 Å². The van der Waals surface area contributed by atoms with Gasteiger partial charge in [-0.05, 0) is 12.1 Å². The van der Waals surface area contributed by atoms with E-state index in [9.17, 15) is 23.9 Å². The van der Waals surface area contributed by atoms with E-state index in [4.69, 9.17) is 4.74 Å². The molecule has 0 amide bonds. The molecule has 1 aromatic heterocycles. The predicted octanol–water partition coefficient (Wildman–Crippen LogP) is 0.562. The van der Waals surface area contributed by atoms with Gasteiger partial charge in [-0.1, -0.05) is 25.1 Å². The summed E-state index contributed by atoms with van der Waals surface area (Å²) in [6.07, 6.45) is -2.54. The number of rotatable bonds is 3. The molecule has 0 aliphatic carbocycles. The molecular formula is C17H17FN2O5. The molecule has 7 nitrogen and oxygen atoms in total. The third-order valence-corrected chi connectivity index (χ3v) is 4.36. The molecule has 1 aliphatic heterocycles. The van der Waals surface area contributed by atoms with Gasteiger partial charge in [-0.15, -0.1) is 0 Å². The van der Waals surface area contributed by atoms with Gasteiger partial charge in [-0.3, -0.25) is 14.2 Å². The lowest BCUT2D eigenvalue weighted by Gasteiger charge is -2.17. The Balaban J connectivity index is 2.06. The molecule has 2 heterocycles. The van der Waals surface area contributed by atoms with Crippen molar-refractivity contribution in [2.45, 2.75) is 25.4 Å². The van der Waals surface area contributed by atoms with Crippen LogP contribution in [0.25, 0.3) is 0 Å². The second kappa shape index (κ2) is 6.73. The maximum atomic E-state index is 14.5. The maximum Gasteiger partial charge on any atom is 0.340 e. The number of hydrogen-bond acceptors (Lipinski definition) is 5. The van der Waals surface area contributed by atoms with Crippen LogP contribution in [0.4, 0.5) is 4.39 Å². The van der Waals surface area contributed by atoms with E-state index in [1.54, 1.807) is 25.1 Å². The molecule has 4 atom stereocenters. The highest BCUT2D eigenvalue weighted by atomic mass is 19.1. The van der Waals surface area contributed by atoms with Crippen molar-refractivity contribution in [2.75, 3.05) is 6.61 Å². The van der Waals surface area contributed by atoms with Gasteiger partial charge in [0, 0.05) is 23.7 Å². The first-order valence-electron chi connectivity index (χ1n) is 7.80. The normalized spacial score (nSPS) is 25.9. The first kappa shape index (κ1) is 17.2. The second-order valence-corrected chi connectivity index (χ2v) is 5.90. The minimum Gasteiger partial charge on any atom is -0.394 e. The smallest absolute Gasteiger partial charge is 0.340 e. The zero-order valence-electron chi connectivity index (χ0n) is 13.4. The first-order chi connectivity index (χ1) is 12.0. The van der Waals surface area contributed by atoms with Crippen molar-refractivity contribution in [1.82, 2.24) is 9.13 Å². The van der Waals surface area contributed by atoms with Crippen molar-refractivity contribution < 1.29 is 19.0 Å². The average molecular weight is 348 g/mol. The van der Waals surface area contributed by atoms with Crippen LogP contribution < -0.4 is 11.2 Å². The van der Waals surface area contributed by atoms with Crippen LogP contribution in [-0.2, 0) is 4.74 Å². The van der Waals surface area contributed by atoms with Crippen LogP contribution in [0.2, 0.25) is 0 Å². The van der Waals surface area contributed by atoms with Crippen LogP contribution in [0.3, 0.4) is 0 Å². The molecule has 1 fully saturated rings. The number of carbonyl (C=O) groups is 1. The van der Waals surface area contributed by atoms with Gasteiger partial charge in [0.05, 0.1) is 12.7 Å². The Kier molecular flexibility index (Phi) is 4.65. The molecule has 8 heteroatoms. The van der Waals surface area contributed by atoms with E-state index in [2.05, 4.69) is 0 Å². The second-order valence-electron chi connectivity index (χ2n) is 5.90. The maximum absolute atomic E-state index is 14.5. The summed E-state index contributed by atoms with van der Waals surface area (Å²) in [6, 6.07) is 8.85. The van der Waals surface area contributed by atoms with Crippen LogP contribution >= 0.6 is 0 Å². The van der Waals surface area contributed by atoms with Gasteiger partial charge < -0.3 is 9.84 Å². The van der Waals surface area contributed by atoms with Gasteiger partial charge in [0.2, 0.25) is 0 Å². The fourth-order valence-electron chi connectivity index (χ4n) is 2.85. The lowest BCUT2D eigenvalue weighted by molar-refractivity contribution is -0.0423. The van der Waals surface area contributed by atoms with Gasteiger partial charge in [0.15, 0.2) is 12.4 Å². The van der Waals surface area contributed by atoms with E-state index in [0.29, 0.717) is 4.57 Å². The van der Waals surface area contributed by atoms with Crippen molar-refractivity contribution >= 4 is 5.91 Å². The molecule has 3 rings (SSSR count). The van der Waals surface area contributed by atoms with Gasteiger partial charge in [0.1, 0.15) is 0 Å². The van der Waals surface area contributed by atoms with E-state index in [1.165, 1.54) is 12.1 Å². The molecule has 25 heavy (non-hydrogen) atoms.